The molecule has 0 aromatic heterocycles. The highest BCUT2D eigenvalue weighted by Crippen LogP contribution is 2.40. The number of aliphatic hydroxyl groups excluding tert-OH is 1. The fourth-order valence-electron chi connectivity index (χ4n) is 11.8. The normalized spacial score (nSPS) is 25.1. The fraction of sp³-hybridized carbons (Fsp3) is 0.377. The largest absolute Gasteiger partial charge is 0.463 e. The highest BCUT2D eigenvalue weighted by Gasteiger charge is 2.58. The van der Waals surface area contributed by atoms with Crippen molar-refractivity contribution >= 4 is 47.6 Å². The molecular formula is C77H82O23S. The molecule has 0 aliphatic carbocycles. The summed E-state index contributed by atoms with van der Waals surface area (Å²) in [6.07, 6.45) is -22.6. The third-order valence-corrected chi connectivity index (χ3v) is 17.5. The first-order chi connectivity index (χ1) is 49.0. The summed E-state index contributed by atoms with van der Waals surface area (Å²) >= 11 is 1.50. The van der Waals surface area contributed by atoms with Gasteiger partial charge in [-0.1, -0.05) is 170 Å². The van der Waals surface area contributed by atoms with Gasteiger partial charge in [-0.25, -0.2) is 4.79 Å². The van der Waals surface area contributed by atoms with E-state index in [9.17, 15) is 33.9 Å². The summed E-state index contributed by atoms with van der Waals surface area (Å²) in [4.78, 5) is 80.7. The van der Waals surface area contributed by atoms with Gasteiger partial charge >= 0.3 is 35.8 Å². The van der Waals surface area contributed by atoms with Gasteiger partial charge in [-0.05, 0) is 64.2 Å². The lowest BCUT2D eigenvalue weighted by Gasteiger charge is -2.50. The molecule has 10 rings (SSSR count). The van der Waals surface area contributed by atoms with E-state index < -0.39 is 154 Å². The van der Waals surface area contributed by atoms with Crippen molar-refractivity contribution in [2.75, 3.05) is 25.6 Å². The maximum Gasteiger partial charge on any atom is 0.343 e. The first kappa shape index (κ1) is 74.9. The Morgan fingerprint density at radius 3 is 1.31 bits per heavy atom. The summed E-state index contributed by atoms with van der Waals surface area (Å²) in [5.41, 5.74) is 3.77. The zero-order valence-electron chi connectivity index (χ0n) is 56.4. The maximum atomic E-state index is 13.9. The van der Waals surface area contributed by atoms with Crippen molar-refractivity contribution in [2.24, 2.45) is 0 Å². The Morgan fingerprint density at radius 2 is 0.802 bits per heavy atom. The number of hydrogen-bond donors (Lipinski definition) is 1. The van der Waals surface area contributed by atoms with E-state index in [1.165, 1.54) is 39.5 Å². The van der Waals surface area contributed by atoms with Gasteiger partial charge in [0.05, 0.1) is 51.3 Å². The molecule has 0 amide bonds. The van der Waals surface area contributed by atoms with Crippen LogP contribution in [0.25, 0.3) is 0 Å². The fourth-order valence-corrected chi connectivity index (χ4v) is 12.8. The summed E-state index contributed by atoms with van der Waals surface area (Å²) in [6, 6.07) is 61.4. The van der Waals surface area contributed by atoms with E-state index in [0.717, 1.165) is 22.9 Å². The Labute approximate surface area is 589 Å². The van der Waals surface area contributed by atoms with E-state index in [4.69, 9.17) is 75.8 Å². The highest BCUT2D eigenvalue weighted by molar-refractivity contribution is 7.99. The molecule has 101 heavy (non-hydrogen) atoms. The van der Waals surface area contributed by atoms with E-state index in [-0.39, 0.29) is 32.2 Å². The monoisotopic (exact) mass is 1410 g/mol. The molecule has 0 radical (unpaired) electrons. The average molecular weight is 1410 g/mol. The number of thioether (sulfide) groups is 1. The Morgan fingerprint density at radius 1 is 0.396 bits per heavy atom. The molecule has 3 fully saturated rings. The highest BCUT2D eigenvalue weighted by atomic mass is 32.2. The van der Waals surface area contributed by atoms with Crippen LogP contribution < -0.4 is 4.74 Å². The van der Waals surface area contributed by atoms with Gasteiger partial charge < -0.3 is 80.9 Å². The van der Waals surface area contributed by atoms with Crippen molar-refractivity contribution < 1.29 is 110 Å². The molecule has 3 aliphatic heterocycles. The van der Waals surface area contributed by atoms with Gasteiger partial charge in [-0.15, -0.1) is 11.8 Å². The van der Waals surface area contributed by atoms with Crippen LogP contribution in [-0.4, -0.2) is 159 Å². The van der Waals surface area contributed by atoms with Gasteiger partial charge in [-0.2, -0.15) is 0 Å². The predicted octanol–water partition coefficient (Wildman–Crippen LogP) is 9.96. The van der Waals surface area contributed by atoms with E-state index in [0.29, 0.717) is 28.0 Å². The summed E-state index contributed by atoms with van der Waals surface area (Å²) in [5.74, 6) is -3.84. The van der Waals surface area contributed by atoms with Crippen LogP contribution >= 0.6 is 11.8 Å². The molecule has 7 aromatic rings. The minimum absolute atomic E-state index is 0.0279. The Bertz CT molecular complexity index is 3710. The summed E-state index contributed by atoms with van der Waals surface area (Å²) in [6.45, 7) is 3.79. The molecule has 0 spiro atoms. The summed E-state index contributed by atoms with van der Waals surface area (Å²) in [7, 11) is 0. The van der Waals surface area contributed by atoms with Gasteiger partial charge in [0.25, 0.3) is 0 Å². The molecule has 0 saturated carbocycles. The van der Waals surface area contributed by atoms with Crippen LogP contribution in [0, 0.1) is 0 Å². The van der Waals surface area contributed by atoms with E-state index in [2.05, 4.69) is 0 Å². The zero-order chi connectivity index (χ0) is 71.0. The van der Waals surface area contributed by atoms with Gasteiger partial charge in [0.2, 0.25) is 0 Å². The minimum Gasteiger partial charge on any atom is -0.463 e. The second-order valence-electron chi connectivity index (χ2n) is 24.0. The molecule has 23 nitrogen and oxygen atoms in total. The van der Waals surface area contributed by atoms with Crippen molar-refractivity contribution in [1.29, 1.82) is 0 Å². The molecule has 0 bridgehead atoms. The maximum absolute atomic E-state index is 13.9. The number of ether oxygens (including phenoxy) is 16. The van der Waals surface area contributed by atoms with Crippen LogP contribution in [0.1, 0.15) is 78.9 Å². The van der Waals surface area contributed by atoms with Gasteiger partial charge in [0.15, 0.2) is 43.3 Å². The number of esters is 6. The van der Waals surface area contributed by atoms with E-state index >= 15 is 0 Å². The van der Waals surface area contributed by atoms with Crippen LogP contribution in [0.5, 0.6) is 5.75 Å². The first-order valence-electron chi connectivity index (χ1n) is 33.0. The number of carbonyl (C=O) groups is 6. The number of hydrogen-bond acceptors (Lipinski definition) is 24. The third-order valence-electron chi connectivity index (χ3n) is 16.4. The molecule has 24 heteroatoms. The van der Waals surface area contributed by atoms with Crippen molar-refractivity contribution in [1.82, 2.24) is 0 Å². The van der Waals surface area contributed by atoms with E-state index in [1.807, 2.05) is 152 Å². The van der Waals surface area contributed by atoms with Crippen LogP contribution in [0.4, 0.5) is 0 Å². The van der Waals surface area contributed by atoms with Crippen molar-refractivity contribution in [3.8, 4) is 5.75 Å². The van der Waals surface area contributed by atoms with Gasteiger partial charge in [-0.3, -0.25) is 24.0 Å². The topological polar surface area (TPSA) is 270 Å². The molecule has 534 valence electrons. The van der Waals surface area contributed by atoms with Crippen molar-refractivity contribution in [3.63, 3.8) is 0 Å². The third kappa shape index (κ3) is 21.9. The molecule has 3 heterocycles. The molecule has 0 unspecified atom stereocenters. The number of carbonyl (C=O) groups excluding carboxylic acids is 6. The van der Waals surface area contributed by atoms with Crippen LogP contribution in [0.15, 0.2) is 211 Å². The Hall–Kier alpha value is -8.73. The van der Waals surface area contributed by atoms with Crippen molar-refractivity contribution in [2.45, 2.75) is 164 Å². The summed E-state index contributed by atoms with van der Waals surface area (Å²) < 4.78 is 104. The summed E-state index contributed by atoms with van der Waals surface area (Å²) in [5, 5.41) is 11.6. The van der Waals surface area contributed by atoms with E-state index in [1.54, 1.807) is 54.6 Å². The lowest BCUT2D eigenvalue weighted by atomic mass is 9.95. The Kier molecular flexibility index (Phi) is 28.0. The second kappa shape index (κ2) is 37.8. The average Bonchev–Trinajstić information content (AvgIpc) is 0.770. The zero-order valence-corrected chi connectivity index (χ0v) is 57.2. The van der Waals surface area contributed by atoms with Gasteiger partial charge in [0.1, 0.15) is 61.2 Å². The molecule has 7 aromatic carbocycles. The number of aliphatic hydroxyl groups is 1. The smallest absolute Gasteiger partial charge is 0.343 e. The molecule has 1 N–H and O–H groups in total. The van der Waals surface area contributed by atoms with Crippen LogP contribution in [0.2, 0.25) is 0 Å². The lowest BCUT2D eigenvalue weighted by Crippen LogP contribution is -2.67. The first-order valence-corrected chi connectivity index (χ1v) is 34.0. The van der Waals surface area contributed by atoms with Gasteiger partial charge in [0, 0.05) is 45.3 Å². The van der Waals surface area contributed by atoms with Crippen LogP contribution in [-0.2, 0) is 121 Å². The Balaban J connectivity index is 1.03. The lowest BCUT2D eigenvalue weighted by molar-refractivity contribution is -0.377. The van der Waals surface area contributed by atoms with Crippen LogP contribution in [0.3, 0.4) is 0 Å². The van der Waals surface area contributed by atoms with Crippen molar-refractivity contribution in [3.05, 3.63) is 240 Å². The predicted molar refractivity (Wildman–Crippen MR) is 362 cm³/mol. The number of benzene rings is 7. The molecule has 16 atom stereocenters. The number of rotatable bonds is 32. The standard InChI is InChI=1S/C77H82O23S/c1-48(79)85-45-62-66(87-42-54-26-14-7-15-27-54)69(92-50(3)81)73(96-64(57-30-18-9-19-31-57)47-101-60-34-22-11-23-35-60)77(99-62)100-70-65(86-41-53-24-12-6-13-25-53)61(40-78)97-76(72(70)94-52(5)83)90-46-63-67(88-43-55-28-16-8-17-29-55)68(91-49(2)80)71(93-51(4)82)75(98-63)89-44-56-36-38-59(39-37-56)95-74(84)58-32-20-10-21-33-58/h6-39,61-73,75-78H,40-47H2,1-5H3/t61-,62-,63-,64-,65-,66-,67-,68+,69+,70+,71-,72-,73-,75+,76+,77-/m1/s1. The second-order valence-corrected chi connectivity index (χ2v) is 25.1. The SMILES string of the molecule is CC(=O)OC[C@H]1O[C@H](O[C@@H]2[C@@H](OC(C)=O)[C@@H](OC[C@H]3O[C@H](OCc4ccc(OC(=O)c5ccccc5)cc4)[C@H](OC(C)=O)[C@@H](OC(C)=O)[C@@H]3OCc3ccccc3)O[C@H](CO)[C@H]2OCc2ccccc2)[C@H](O[C@H](CSc2ccccc2)c2ccccc2)[C@@H](OC(C)=O)[C@@H]1OCc1ccccc1. The molecular weight excluding hydrogens is 1320 g/mol. The molecule has 3 aliphatic rings. The molecule has 3 saturated heterocycles. The quantitative estimate of drug-likeness (QED) is 0.0178. The minimum atomic E-state index is -1.71.